The minimum absolute atomic E-state index is 0.0317. The number of unbranched alkanes of at least 4 members (excludes halogenated alkanes) is 46. The Hall–Kier alpha value is -2.55. The van der Waals surface area contributed by atoms with Crippen molar-refractivity contribution in [2.45, 2.75) is 380 Å². The van der Waals surface area contributed by atoms with Crippen LogP contribution >= 0.6 is 7.82 Å². The highest BCUT2D eigenvalue weighted by Crippen LogP contribution is 2.43. The van der Waals surface area contributed by atoms with E-state index in [0.29, 0.717) is 17.4 Å². The summed E-state index contributed by atoms with van der Waals surface area (Å²) >= 11 is 0. The van der Waals surface area contributed by atoms with Crippen molar-refractivity contribution in [1.29, 1.82) is 0 Å². The Morgan fingerprint density at radius 1 is 0.344 bits per heavy atom. The van der Waals surface area contributed by atoms with Gasteiger partial charge in [0.05, 0.1) is 27.7 Å². The molecule has 2 atom stereocenters. The van der Waals surface area contributed by atoms with Crippen LogP contribution in [0.25, 0.3) is 0 Å². The molecule has 1 N–H and O–H groups in total. The molecular formula is C80H149NO8P+. The Morgan fingerprint density at radius 3 is 0.889 bits per heavy atom. The summed E-state index contributed by atoms with van der Waals surface area (Å²) in [6.07, 6.45) is 96.1. The van der Waals surface area contributed by atoms with Gasteiger partial charge >= 0.3 is 19.8 Å². The summed E-state index contributed by atoms with van der Waals surface area (Å²) in [5.41, 5.74) is 0. The second kappa shape index (κ2) is 70.8. The topological polar surface area (TPSA) is 108 Å². The van der Waals surface area contributed by atoms with Crippen molar-refractivity contribution in [1.82, 2.24) is 0 Å². The van der Waals surface area contributed by atoms with Crippen LogP contribution in [0.15, 0.2) is 72.9 Å². The van der Waals surface area contributed by atoms with E-state index in [0.717, 1.165) is 57.8 Å². The lowest BCUT2D eigenvalue weighted by atomic mass is 10.0. The number of rotatable bonds is 72. The van der Waals surface area contributed by atoms with Crippen LogP contribution in [0.5, 0.6) is 0 Å². The SMILES string of the molecule is CCCCCCC/C=C\C/C=C\C/C=C\CCCCCCCCCCCCCCCCCCCCCCCCCCC(=O)OC(COC(=O)CCCCCCCCCCCCCC/C=C\C/C=C\C/C=C\CCCCCCC)COP(=O)(O)OCC[N+](C)(C)C. The number of ether oxygens (including phenoxy) is 2. The molecule has 0 aliphatic carbocycles. The molecule has 9 nitrogen and oxygen atoms in total. The van der Waals surface area contributed by atoms with Crippen molar-refractivity contribution in [3.05, 3.63) is 72.9 Å². The molecular weight excluding hydrogens is 1130 g/mol. The smallest absolute Gasteiger partial charge is 0.462 e. The predicted octanol–water partition coefficient (Wildman–Crippen LogP) is 25.5. The number of carbonyl (C=O) groups is 2. The molecule has 90 heavy (non-hydrogen) atoms. The number of esters is 2. The molecule has 0 rings (SSSR count). The first kappa shape index (κ1) is 87.5. The maximum absolute atomic E-state index is 12.9. The largest absolute Gasteiger partial charge is 0.472 e. The maximum atomic E-state index is 12.9. The third-order valence-electron chi connectivity index (χ3n) is 17.2. The van der Waals surface area contributed by atoms with E-state index in [1.807, 2.05) is 21.1 Å². The van der Waals surface area contributed by atoms with E-state index in [1.165, 1.54) is 283 Å². The fourth-order valence-corrected chi connectivity index (χ4v) is 12.0. The van der Waals surface area contributed by atoms with Crippen LogP contribution < -0.4 is 0 Å². The predicted molar refractivity (Wildman–Crippen MR) is 390 cm³/mol. The number of hydrogen-bond donors (Lipinski definition) is 1. The highest BCUT2D eigenvalue weighted by molar-refractivity contribution is 7.47. The van der Waals surface area contributed by atoms with Crippen molar-refractivity contribution in [2.24, 2.45) is 0 Å². The van der Waals surface area contributed by atoms with E-state index in [2.05, 4.69) is 86.8 Å². The van der Waals surface area contributed by atoms with E-state index < -0.39 is 26.5 Å². The van der Waals surface area contributed by atoms with Crippen molar-refractivity contribution in [3.8, 4) is 0 Å². The van der Waals surface area contributed by atoms with Crippen LogP contribution in [0.2, 0.25) is 0 Å². The molecule has 0 amide bonds. The molecule has 0 heterocycles. The molecule has 0 aromatic rings. The molecule has 0 aliphatic rings. The van der Waals surface area contributed by atoms with Gasteiger partial charge in [0.25, 0.3) is 0 Å². The van der Waals surface area contributed by atoms with Gasteiger partial charge in [0.1, 0.15) is 19.8 Å². The molecule has 0 fully saturated rings. The van der Waals surface area contributed by atoms with Gasteiger partial charge in [-0.05, 0) is 89.9 Å². The summed E-state index contributed by atoms with van der Waals surface area (Å²) in [7, 11) is 1.49. The number of phosphoric acid groups is 1. The Balaban J connectivity index is 3.94. The molecule has 0 radical (unpaired) electrons. The van der Waals surface area contributed by atoms with Crippen LogP contribution in [0.4, 0.5) is 0 Å². The quantitative estimate of drug-likeness (QED) is 0.0211. The van der Waals surface area contributed by atoms with E-state index in [9.17, 15) is 19.0 Å². The van der Waals surface area contributed by atoms with Crippen molar-refractivity contribution >= 4 is 19.8 Å². The van der Waals surface area contributed by atoms with Crippen LogP contribution in [-0.2, 0) is 32.7 Å². The summed E-state index contributed by atoms with van der Waals surface area (Å²) in [4.78, 5) is 35.9. The van der Waals surface area contributed by atoms with Crippen LogP contribution in [0, 0.1) is 0 Å². The first-order chi connectivity index (χ1) is 44.0. The zero-order valence-electron chi connectivity index (χ0n) is 60.1. The third kappa shape index (κ3) is 74.5. The molecule has 10 heteroatoms. The first-order valence-electron chi connectivity index (χ1n) is 38.7. The van der Waals surface area contributed by atoms with Crippen molar-refractivity contribution < 1.29 is 42.1 Å². The third-order valence-corrected chi connectivity index (χ3v) is 18.2. The number of nitrogens with zero attached hydrogens (tertiary/aromatic N) is 1. The summed E-state index contributed by atoms with van der Waals surface area (Å²) in [5, 5.41) is 0. The zero-order valence-corrected chi connectivity index (χ0v) is 61.0. The summed E-state index contributed by atoms with van der Waals surface area (Å²) in [5.74, 6) is -0.783. The fourth-order valence-electron chi connectivity index (χ4n) is 11.3. The van der Waals surface area contributed by atoms with Gasteiger partial charge < -0.3 is 18.9 Å². The van der Waals surface area contributed by atoms with Gasteiger partial charge in [0, 0.05) is 12.8 Å². The average Bonchev–Trinajstić information content (AvgIpc) is 3.58. The Bertz CT molecular complexity index is 1750. The van der Waals surface area contributed by atoms with Crippen LogP contribution in [0.3, 0.4) is 0 Å². The monoisotopic (exact) mass is 1280 g/mol. The van der Waals surface area contributed by atoms with Gasteiger partial charge in [-0.1, -0.05) is 344 Å². The molecule has 0 saturated heterocycles. The highest BCUT2D eigenvalue weighted by atomic mass is 31.2. The maximum Gasteiger partial charge on any atom is 0.472 e. The standard InChI is InChI=1S/C80H148NO8P/c1-6-8-10-12-14-16-18-20-22-24-26-28-30-32-34-35-36-37-38-39-40-41-42-43-44-45-47-49-51-53-55-57-59-61-63-65-67-69-71-73-80(83)89-78(77-88-90(84,85)87-75-74-81(3,4)5)76-86-79(82)72-70-68-66-64-62-60-58-56-54-52-50-48-46-33-31-29-27-25-23-21-19-17-15-13-11-9-7-2/h18-21,24-27,30-33,78H,6-17,22-23,28-29,34-77H2,1-5H3/p+1/b20-18-,21-19-,26-24-,27-25-,32-30-,33-31-. The molecule has 0 spiro atoms. The molecule has 0 aliphatic heterocycles. The van der Waals surface area contributed by atoms with Gasteiger partial charge in [-0.15, -0.1) is 0 Å². The lowest BCUT2D eigenvalue weighted by molar-refractivity contribution is -0.870. The zero-order chi connectivity index (χ0) is 65.5. The fraction of sp³-hybridized carbons (Fsp3) is 0.825. The normalized spacial score (nSPS) is 13.4. The molecule has 0 aromatic carbocycles. The van der Waals surface area contributed by atoms with E-state index in [4.69, 9.17) is 18.5 Å². The Kier molecular flexibility index (Phi) is 68.8. The number of likely N-dealkylation sites (N-methyl/N-ethyl adjacent to an activating group) is 1. The molecule has 526 valence electrons. The van der Waals surface area contributed by atoms with Gasteiger partial charge in [0.15, 0.2) is 6.10 Å². The van der Waals surface area contributed by atoms with E-state index in [-0.39, 0.29) is 32.0 Å². The van der Waals surface area contributed by atoms with Crippen LogP contribution in [-0.4, -0.2) is 74.9 Å². The minimum Gasteiger partial charge on any atom is -0.462 e. The number of phosphoric ester groups is 1. The number of allylic oxidation sites excluding steroid dienone is 12. The highest BCUT2D eigenvalue weighted by Gasteiger charge is 2.27. The van der Waals surface area contributed by atoms with E-state index in [1.54, 1.807) is 0 Å². The second-order valence-corrected chi connectivity index (χ2v) is 28.8. The number of hydrogen-bond acceptors (Lipinski definition) is 7. The Morgan fingerprint density at radius 2 is 0.600 bits per heavy atom. The molecule has 2 unspecified atom stereocenters. The molecule has 0 aromatic heterocycles. The lowest BCUT2D eigenvalue weighted by Crippen LogP contribution is -2.37. The number of carbonyl (C=O) groups excluding carboxylic acids is 2. The summed E-state index contributed by atoms with van der Waals surface area (Å²) in [6.45, 7) is 4.46. The Labute approximate surface area is 559 Å². The van der Waals surface area contributed by atoms with Gasteiger partial charge in [-0.3, -0.25) is 18.6 Å². The van der Waals surface area contributed by atoms with Gasteiger partial charge in [-0.2, -0.15) is 0 Å². The second-order valence-electron chi connectivity index (χ2n) is 27.4. The minimum atomic E-state index is -4.40. The summed E-state index contributed by atoms with van der Waals surface area (Å²) < 4.78 is 34.8. The van der Waals surface area contributed by atoms with Gasteiger partial charge in [0.2, 0.25) is 0 Å². The van der Waals surface area contributed by atoms with Crippen LogP contribution in [0.1, 0.15) is 373 Å². The lowest BCUT2D eigenvalue weighted by Gasteiger charge is -2.24. The molecule has 0 bridgehead atoms. The van der Waals surface area contributed by atoms with Gasteiger partial charge in [-0.25, -0.2) is 4.57 Å². The summed E-state index contributed by atoms with van der Waals surface area (Å²) in [6, 6.07) is 0. The van der Waals surface area contributed by atoms with Crippen molar-refractivity contribution in [2.75, 3.05) is 47.5 Å². The first-order valence-corrected chi connectivity index (χ1v) is 40.2. The van der Waals surface area contributed by atoms with Crippen molar-refractivity contribution in [3.63, 3.8) is 0 Å². The average molecular weight is 1280 g/mol. The number of quaternary nitrogens is 1. The van der Waals surface area contributed by atoms with E-state index >= 15 is 0 Å². The molecule has 0 saturated carbocycles.